The highest BCUT2D eigenvalue weighted by atomic mass is 16.3. The molecule has 0 unspecified atom stereocenters. The highest BCUT2D eigenvalue weighted by molar-refractivity contribution is 5.79. The van der Waals surface area contributed by atoms with Gasteiger partial charge in [-0.1, -0.05) is 12.1 Å². The van der Waals surface area contributed by atoms with E-state index in [4.69, 9.17) is 0 Å². The van der Waals surface area contributed by atoms with Crippen molar-refractivity contribution in [3.8, 4) is 0 Å². The summed E-state index contributed by atoms with van der Waals surface area (Å²) in [7, 11) is 0. The van der Waals surface area contributed by atoms with Crippen LogP contribution < -0.4 is 5.56 Å². The van der Waals surface area contributed by atoms with E-state index in [1.807, 2.05) is 6.07 Å². The van der Waals surface area contributed by atoms with E-state index >= 15 is 0 Å². The number of β-amino-alcohol motifs (C(OH)–C–C–N with tert-alkyl or cyclic N) is 1. The fraction of sp³-hybridized carbons (Fsp3) is 0.316. The summed E-state index contributed by atoms with van der Waals surface area (Å²) in [5.74, 6) is -0.313. The van der Waals surface area contributed by atoms with Gasteiger partial charge in [0.05, 0.1) is 29.0 Å². The Labute approximate surface area is 155 Å². The lowest BCUT2D eigenvalue weighted by atomic mass is 10.0. The third kappa shape index (κ3) is 3.56. The number of rotatable bonds is 4. The SMILES string of the molecule is O=C(Cn1cnc2ccccc2c1=O)N1C[C@@H](Cc2cnccn2)[C@H](O)C1. The first-order valence-electron chi connectivity index (χ1n) is 8.77. The molecule has 2 aromatic heterocycles. The summed E-state index contributed by atoms with van der Waals surface area (Å²) in [5.41, 5.74) is 1.14. The molecule has 0 aliphatic carbocycles. The summed E-state index contributed by atoms with van der Waals surface area (Å²) in [6.45, 7) is 0.576. The van der Waals surface area contributed by atoms with Gasteiger partial charge in [-0.05, 0) is 18.6 Å². The molecule has 1 aromatic carbocycles. The number of benzene rings is 1. The van der Waals surface area contributed by atoms with Gasteiger partial charge in [-0.25, -0.2) is 4.98 Å². The van der Waals surface area contributed by atoms with Crippen molar-refractivity contribution in [2.75, 3.05) is 13.1 Å². The Morgan fingerprint density at radius 3 is 2.85 bits per heavy atom. The minimum atomic E-state index is -0.623. The number of aromatic nitrogens is 4. The smallest absolute Gasteiger partial charge is 0.261 e. The molecule has 0 spiro atoms. The molecule has 27 heavy (non-hydrogen) atoms. The van der Waals surface area contributed by atoms with Gasteiger partial charge in [-0.2, -0.15) is 0 Å². The Morgan fingerprint density at radius 2 is 2.04 bits per heavy atom. The van der Waals surface area contributed by atoms with Crippen molar-refractivity contribution >= 4 is 16.8 Å². The molecule has 138 valence electrons. The summed E-state index contributed by atoms with van der Waals surface area (Å²) in [4.78, 5) is 39.3. The number of hydrogen-bond acceptors (Lipinski definition) is 6. The largest absolute Gasteiger partial charge is 0.391 e. The summed E-state index contributed by atoms with van der Waals surface area (Å²) in [6, 6.07) is 7.04. The van der Waals surface area contributed by atoms with E-state index in [-0.39, 0.29) is 30.5 Å². The minimum absolute atomic E-state index is 0.0960. The Balaban J connectivity index is 1.46. The van der Waals surface area contributed by atoms with Crippen molar-refractivity contribution in [1.82, 2.24) is 24.4 Å². The number of carbonyl (C=O) groups excluding carboxylic acids is 1. The van der Waals surface area contributed by atoms with E-state index in [1.54, 1.807) is 41.7 Å². The zero-order valence-electron chi connectivity index (χ0n) is 14.6. The summed E-state index contributed by atoms with van der Waals surface area (Å²) < 4.78 is 1.31. The maximum Gasteiger partial charge on any atom is 0.261 e. The Kier molecular flexibility index (Phi) is 4.64. The summed E-state index contributed by atoms with van der Waals surface area (Å²) in [6.07, 6.45) is 6.20. The Bertz CT molecular complexity index is 1020. The number of aliphatic hydroxyl groups is 1. The number of para-hydroxylation sites is 1. The Morgan fingerprint density at radius 1 is 1.19 bits per heavy atom. The third-order valence-corrected chi connectivity index (χ3v) is 4.88. The molecule has 1 amide bonds. The van der Waals surface area contributed by atoms with Gasteiger partial charge in [0.1, 0.15) is 6.54 Å². The van der Waals surface area contributed by atoms with Crippen molar-refractivity contribution in [3.05, 3.63) is 65.2 Å². The van der Waals surface area contributed by atoms with E-state index in [2.05, 4.69) is 15.0 Å². The normalized spacial score (nSPS) is 19.5. The molecule has 1 fully saturated rings. The zero-order chi connectivity index (χ0) is 18.8. The van der Waals surface area contributed by atoms with Crippen LogP contribution in [-0.2, 0) is 17.8 Å². The molecule has 0 bridgehead atoms. The van der Waals surface area contributed by atoms with E-state index in [9.17, 15) is 14.7 Å². The summed E-state index contributed by atoms with van der Waals surface area (Å²) in [5, 5.41) is 10.8. The first-order valence-corrected chi connectivity index (χ1v) is 8.77. The molecule has 8 heteroatoms. The van der Waals surface area contributed by atoms with Crippen LogP contribution in [0.2, 0.25) is 0 Å². The predicted octanol–water partition coefficient (Wildman–Crippen LogP) is 0.248. The van der Waals surface area contributed by atoms with Crippen LogP contribution in [0.15, 0.2) is 54.0 Å². The first kappa shape index (κ1) is 17.3. The number of amides is 1. The van der Waals surface area contributed by atoms with Crippen LogP contribution >= 0.6 is 0 Å². The molecule has 1 aliphatic rings. The molecule has 0 saturated carbocycles. The number of likely N-dealkylation sites (tertiary alicyclic amines) is 1. The maximum atomic E-state index is 12.6. The average molecular weight is 365 g/mol. The van der Waals surface area contributed by atoms with Crippen LogP contribution in [0, 0.1) is 5.92 Å². The quantitative estimate of drug-likeness (QED) is 0.711. The van der Waals surface area contributed by atoms with Crippen LogP contribution in [0.4, 0.5) is 0 Å². The molecule has 0 radical (unpaired) electrons. The minimum Gasteiger partial charge on any atom is -0.391 e. The van der Waals surface area contributed by atoms with Crippen molar-refractivity contribution in [2.45, 2.75) is 19.1 Å². The first-order chi connectivity index (χ1) is 13.1. The second-order valence-corrected chi connectivity index (χ2v) is 6.72. The lowest BCUT2D eigenvalue weighted by Crippen LogP contribution is -2.35. The number of carbonyl (C=O) groups is 1. The highest BCUT2D eigenvalue weighted by Gasteiger charge is 2.34. The molecule has 4 rings (SSSR count). The molecule has 3 heterocycles. The van der Waals surface area contributed by atoms with E-state index < -0.39 is 6.10 Å². The standard InChI is InChI=1S/C19H19N5O3/c25-17-10-23(9-13(17)7-14-8-20-5-6-21-14)18(26)11-24-12-22-16-4-2-1-3-15(16)19(24)27/h1-6,8,12-13,17,25H,7,9-11H2/t13-,17-/m1/s1. The van der Waals surface area contributed by atoms with E-state index in [1.165, 1.54) is 10.9 Å². The predicted molar refractivity (Wildman–Crippen MR) is 97.8 cm³/mol. The lowest BCUT2D eigenvalue weighted by Gasteiger charge is -2.17. The van der Waals surface area contributed by atoms with E-state index in [0.29, 0.717) is 23.9 Å². The van der Waals surface area contributed by atoms with Crippen LogP contribution in [0.1, 0.15) is 5.69 Å². The molecule has 3 aromatic rings. The molecule has 2 atom stereocenters. The Hall–Kier alpha value is -3.13. The van der Waals surface area contributed by atoms with Crippen molar-refractivity contribution in [3.63, 3.8) is 0 Å². The van der Waals surface area contributed by atoms with Crippen molar-refractivity contribution < 1.29 is 9.90 Å². The average Bonchev–Trinajstić information content (AvgIpc) is 3.05. The summed E-state index contributed by atoms with van der Waals surface area (Å²) >= 11 is 0. The van der Waals surface area contributed by atoms with Gasteiger partial charge in [0.2, 0.25) is 5.91 Å². The zero-order valence-corrected chi connectivity index (χ0v) is 14.6. The van der Waals surface area contributed by atoms with Crippen LogP contribution in [-0.4, -0.2) is 54.6 Å². The lowest BCUT2D eigenvalue weighted by molar-refractivity contribution is -0.131. The highest BCUT2D eigenvalue weighted by Crippen LogP contribution is 2.21. The van der Waals surface area contributed by atoms with Crippen LogP contribution in [0.25, 0.3) is 10.9 Å². The number of aliphatic hydroxyl groups excluding tert-OH is 1. The van der Waals surface area contributed by atoms with Gasteiger partial charge in [0, 0.05) is 37.6 Å². The van der Waals surface area contributed by atoms with E-state index in [0.717, 1.165) is 5.69 Å². The third-order valence-electron chi connectivity index (χ3n) is 4.88. The molecule has 1 aliphatic heterocycles. The van der Waals surface area contributed by atoms with Gasteiger partial charge >= 0.3 is 0 Å². The topological polar surface area (TPSA) is 101 Å². The second-order valence-electron chi connectivity index (χ2n) is 6.72. The monoisotopic (exact) mass is 365 g/mol. The number of nitrogens with zero attached hydrogens (tertiary/aromatic N) is 5. The molecule has 1 N–H and O–H groups in total. The fourth-order valence-electron chi connectivity index (χ4n) is 3.43. The fourth-order valence-corrected chi connectivity index (χ4v) is 3.43. The second kappa shape index (κ2) is 7.24. The van der Waals surface area contributed by atoms with Gasteiger partial charge in [0.15, 0.2) is 0 Å². The molecule has 8 nitrogen and oxygen atoms in total. The van der Waals surface area contributed by atoms with Crippen LogP contribution in [0.5, 0.6) is 0 Å². The van der Waals surface area contributed by atoms with Gasteiger partial charge < -0.3 is 10.0 Å². The van der Waals surface area contributed by atoms with Crippen LogP contribution in [0.3, 0.4) is 0 Å². The number of hydrogen-bond donors (Lipinski definition) is 1. The molecule has 1 saturated heterocycles. The van der Waals surface area contributed by atoms with Gasteiger partial charge in [0.25, 0.3) is 5.56 Å². The van der Waals surface area contributed by atoms with Crippen molar-refractivity contribution in [2.24, 2.45) is 5.92 Å². The molecular weight excluding hydrogens is 346 g/mol. The molecular formula is C19H19N5O3. The van der Waals surface area contributed by atoms with Gasteiger partial charge in [-0.15, -0.1) is 0 Å². The van der Waals surface area contributed by atoms with Gasteiger partial charge in [-0.3, -0.25) is 24.1 Å². The maximum absolute atomic E-state index is 12.6. The van der Waals surface area contributed by atoms with Crippen molar-refractivity contribution in [1.29, 1.82) is 0 Å². The number of fused-ring (bicyclic) bond motifs is 1.